The summed E-state index contributed by atoms with van der Waals surface area (Å²) in [5.74, 6) is 0. The summed E-state index contributed by atoms with van der Waals surface area (Å²) in [5.41, 5.74) is 0.914. The number of fused-ring (bicyclic) bond motifs is 1. The van der Waals surface area contributed by atoms with Gasteiger partial charge in [-0.15, -0.1) is 0 Å². The van der Waals surface area contributed by atoms with E-state index in [1.54, 1.807) is 6.20 Å². The third kappa shape index (κ3) is 0.784. The zero-order valence-electron chi connectivity index (χ0n) is 4.61. The maximum absolute atomic E-state index is 4.09. The molecule has 2 aromatic rings. The van der Waals surface area contributed by atoms with Gasteiger partial charge in [0.15, 0.2) is 0 Å². The van der Waals surface area contributed by atoms with Gasteiger partial charge in [0.2, 0.25) is 0 Å². The van der Waals surface area contributed by atoms with Crippen molar-refractivity contribution >= 4 is 24.4 Å². The molecule has 2 nitrogen and oxygen atoms in total. The molecule has 9 heavy (non-hydrogen) atoms. The Morgan fingerprint density at radius 2 is 2.33 bits per heavy atom. The van der Waals surface area contributed by atoms with Crippen LogP contribution in [0.15, 0.2) is 23.4 Å². The number of nitrogens with zero attached hydrogens (tertiary/aromatic N) is 2. The van der Waals surface area contributed by atoms with Crippen molar-refractivity contribution in [2.45, 2.75) is 0 Å². The average Bonchev–Trinajstić information content (AvgIpc) is 2.33. The summed E-state index contributed by atoms with van der Waals surface area (Å²) in [6, 6.07) is 4.03. The van der Waals surface area contributed by atoms with E-state index in [0.29, 0.717) is 14.5 Å². The van der Waals surface area contributed by atoms with Crippen LogP contribution in [-0.2, 0) is 0 Å². The van der Waals surface area contributed by atoms with Gasteiger partial charge in [-0.25, -0.2) is 0 Å². The first-order valence-electron chi connectivity index (χ1n) is 2.61. The van der Waals surface area contributed by atoms with Gasteiger partial charge in [0.05, 0.1) is 0 Å². The Balaban J connectivity index is 2.95. The molecule has 3 heteroatoms. The average molecular weight is 183 g/mol. The molecule has 0 fully saturated rings. The molecule has 0 aliphatic heterocycles. The molecule has 0 saturated heterocycles. The Kier molecular flexibility index (Phi) is 1.11. The fourth-order valence-corrected chi connectivity index (χ4v) is 2.03. The predicted octanol–water partition coefficient (Wildman–Crippen LogP) is 0.687. The summed E-state index contributed by atoms with van der Waals surface area (Å²) < 4.78 is 1.30. The second-order valence-electron chi connectivity index (χ2n) is 1.68. The van der Waals surface area contributed by atoms with Crippen LogP contribution in [0.25, 0.3) is 9.91 Å². The van der Waals surface area contributed by atoms with Crippen LogP contribution in [0.3, 0.4) is 0 Å². The molecule has 0 unspecified atom stereocenters. The number of aromatic nitrogens is 2. The van der Waals surface area contributed by atoms with Gasteiger partial charge < -0.3 is 0 Å². The van der Waals surface area contributed by atoms with Gasteiger partial charge in [0.1, 0.15) is 0 Å². The van der Waals surface area contributed by atoms with Crippen LogP contribution in [0.4, 0.5) is 0 Å². The minimum atomic E-state index is 0.448. The first kappa shape index (κ1) is 5.15. The van der Waals surface area contributed by atoms with Crippen LogP contribution >= 0.6 is 0 Å². The molecule has 2 aromatic heterocycles. The Hall–Kier alpha value is -0.661. The first-order chi connectivity index (χ1) is 4.47. The zero-order valence-corrected chi connectivity index (χ0v) is 6.33. The second kappa shape index (κ2) is 1.94. The number of pyridine rings is 1. The summed E-state index contributed by atoms with van der Waals surface area (Å²) in [6.45, 7) is 0. The van der Waals surface area contributed by atoms with Crippen molar-refractivity contribution in [1.29, 1.82) is 0 Å². The Bertz CT molecular complexity index is 285. The standard InChI is InChI=1S/C6H4N2Se/c1-2-5-6(7-3-1)8-4-9-5/h1-4H. The normalized spacial score (nSPS) is 10.2. The third-order valence-electron chi connectivity index (χ3n) is 1.11. The van der Waals surface area contributed by atoms with E-state index in [2.05, 4.69) is 16.0 Å². The summed E-state index contributed by atoms with van der Waals surface area (Å²) >= 11 is 0.448. The molecule has 0 aromatic carbocycles. The molecule has 0 aliphatic carbocycles. The van der Waals surface area contributed by atoms with E-state index in [4.69, 9.17) is 0 Å². The van der Waals surface area contributed by atoms with Gasteiger partial charge in [0.25, 0.3) is 0 Å². The molecular weight excluding hydrogens is 179 g/mol. The second-order valence-corrected chi connectivity index (χ2v) is 3.54. The van der Waals surface area contributed by atoms with E-state index in [-0.39, 0.29) is 0 Å². The van der Waals surface area contributed by atoms with Gasteiger partial charge in [-0.3, -0.25) is 0 Å². The van der Waals surface area contributed by atoms with Crippen LogP contribution in [0, 0.1) is 0 Å². The molecule has 0 spiro atoms. The summed E-state index contributed by atoms with van der Waals surface area (Å²) in [7, 11) is 0. The van der Waals surface area contributed by atoms with Crippen LogP contribution in [-0.4, -0.2) is 24.5 Å². The van der Waals surface area contributed by atoms with E-state index in [1.807, 2.05) is 11.1 Å². The number of hydrogen-bond donors (Lipinski definition) is 0. The van der Waals surface area contributed by atoms with Crippen LogP contribution in [0.1, 0.15) is 0 Å². The van der Waals surface area contributed by atoms with Gasteiger partial charge in [-0.1, -0.05) is 0 Å². The fraction of sp³-hybridized carbons (Fsp3) is 0. The zero-order chi connectivity index (χ0) is 6.10. The molecule has 2 heterocycles. The van der Waals surface area contributed by atoms with Crippen molar-refractivity contribution in [1.82, 2.24) is 9.97 Å². The number of rotatable bonds is 0. The van der Waals surface area contributed by atoms with Crippen molar-refractivity contribution in [3.05, 3.63) is 23.4 Å². The third-order valence-corrected chi connectivity index (χ3v) is 2.75. The molecule has 0 radical (unpaired) electrons. The van der Waals surface area contributed by atoms with Crippen LogP contribution in [0.5, 0.6) is 0 Å². The molecular formula is C6H4N2Se. The van der Waals surface area contributed by atoms with Crippen LogP contribution < -0.4 is 0 Å². The van der Waals surface area contributed by atoms with E-state index < -0.39 is 0 Å². The van der Waals surface area contributed by atoms with E-state index >= 15 is 0 Å². The minimum absolute atomic E-state index is 0.448. The summed E-state index contributed by atoms with van der Waals surface area (Å²) in [5, 5.41) is 1.95. The van der Waals surface area contributed by atoms with Gasteiger partial charge in [-0.05, 0) is 0 Å². The first-order valence-corrected chi connectivity index (χ1v) is 4.45. The summed E-state index contributed by atoms with van der Waals surface area (Å²) in [4.78, 5) is 8.17. The molecule has 0 amide bonds. The van der Waals surface area contributed by atoms with Crippen molar-refractivity contribution in [3.8, 4) is 0 Å². The fourth-order valence-electron chi connectivity index (χ4n) is 0.704. The molecule has 0 aliphatic rings. The van der Waals surface area contributed by atoms with Crippen molar-refractivity contribution in [2.24, 2.45) is 0 Å². The van der Waals surface area contributed by atoms with Gasteiger partial charge in [0, 0.05) is 0 Å². The van der Waals surface area contributed by atoms with E-state index in [9.17, 15) is 0 Å². The SMILES string of the molecule is c1cnc2nc[se]c2c1. The Labute approximate surface area is 58.3 Å². The molecule has 0 saturated carbocycles. The molecule has 0 N–H and O–H groups in total. The Morgan fingerprint density at radius 1 is 1.33 bits per heavy atom. The van der Waals surface area contributed by atoms with E-state index in [1.165, 1.54) is 4.26 Å². The van der Waals surface area contributed by atoms with E-state index in [0.717, 1.165) is 5.65 Å². The van der Waals surface area contributed by atoms with Gasteiger partial charge in [-0.2, -0.15) is 0 Å². The molecule has 2 rings (SSSR count). The Morgan fingerprint density at radius 3 is 3.22 bits per heavy atom. The number of hydrogen-bond acceptors (Lipinski definition) is 2. The summed E-state index contributed by atoms with van der Waals surface area (Å²) in [6.07, 6.45) is 1.78. The van der Waals surface area contributed by atoms with Crippen LogP contribution in [0.2, 0.25) is 0 Å². The maximum atomic E-state index is 4.09. The molecule has 0 bridgehead atoms. The quantitative estimate of drug-likeness (QED) is 0.561. The van der Waals surface area contributed by atoms with Crippen molar-refractivity contribution in [2.75, 3.05) is 0 Å². The monoisotopic (exact) mass is 184 g/mol. The molecule has 0 atom stereocenters. The predicted molar refractivity (Wildman–Crippen MR) is 36.5 cm³/mol. The topological polar surface area (TPSA) is 25.8 Å². The van der Waals surface area contributed by atoms with Crippen molar-refractivity contribution in [3.63, 3.8) is 0 Å². The van der Waals surface area contributed by atoms with Gasteiger partial charge >= 0.3 is 57.8 Å². The van der Waals surface area contributed by atoms with Crippen molar-refractivity contribution < 1.29 is 0 Å². The molecule has 44 valence electrons.